The zero-order valence-corrected chi connectivity index (χ0v) is 12.1. The lowest BCUT2D eigenvalue weighted by atomic mass is 10.1. The molecular weight excluding hydrogens is 288 g/mol. The van der Waals surface area contributed by atoms with Crippen molar-refractivity contribution in [3.05, 3.63) is 59.6 Å². The maximum absolute atomic E-state index is 11.9. The van der Waals surface area contributed by atoms with Crippen molar-refractivity contribution in [1.82, 2.24) is 10.2 Å². The highest BCUT2D eigenvalue weighted by Gasteiger charge is 2.05. The Labute approximate surface area is 128 Å². The second-order valence-corrected chi connectivity index (χ2v) is 4.76. The van der Waals surface area contributed by atoms with Gasteiger partial charge in [-0.2, -0.15) is 0 Å². The summed E-state index contributed by atoms with van der Waals surface area (Å²) in [7, 11) is 0. The Morgan fingerprint density at radius 2 is 1.81 bits per heavy atom. The fraction of sp³-hybridized carbons (Fsp3) is 0.133. The molecule has 0 fully saturated rings. The molecule has 0 saturated heterocycles. The number of hydrogen-bond donors (Lipinski definition) is 2. The molecular formula is C15H15ClN4O. The number of nitrogens with zero attached hydrogens (tertiary/aromatic N) is 2. The third kappa shape index (κ3) is 4.89. The lowest BCUT2D eigenvalue weighted by molar-refractivity contribution is -0.115. The van der Waals surface area contributed by atoms with Crippen LogP contribution >= 0.6 is 11.6 Å². The molecule has 1 aromatic carbocycles. The molecule has 0 atom stereocenters. The average molecular weight is 303 g/mol. The van der Waals surface area contributed by atoms with Gasteiger partial charge in [0.15, 0.2) is 5.82 Å². The molecule has 0 aliphatic carbocycles. The van der Waals surface area contributed by atoms with Crippen LogP contribution < -0.4 is 10.6 Å². The fourth-order valence-electron chi connectivity index (χ4n) is 1.64. The molecule has 5 nitrogen and oxygen atoms in total. The van der Waals surface area contributed by atoms with E-state index < -0.39 is 0 Å². The van der Waals surface area contributed by atoms with Gasteiger partial charge in [0, 0.05) is 11.6 Å². The topological polar surface area (TPSA) is 66.9 Å². The van der Waals surface area contributed by atoms with Crippen LogP contribution in [-0.4, -0.2) is 22.6 Å². The van der Waals surface area contributed by atoms with Gasteiger partial charge in [0.05, 0.1) is 6.42 Å². The average Bonchev–Trinajstić information content (AvgIpc) is 2.49. The largest absolute Gasteiger partial charge is 0.365 e. The van der Waals surface area contributed by atoms with Crippen LogP contribution in [0.5, 0.6) is 0 Å². The summed E-state index contributed by atoms with van der Waals surface area (Å²) < 4.78 is 0. The predicted octanol–water partition coefficient (Wildman–Crippen LogP) is 2.91. The summed E-state index contributed by atoms with van der Waals surface area (Å²) in [6, 6.07) is 10.6. The van der Waals surface area contributed by atoms with E-state index in [1.54, 1.807) is 30.3 Å². The summed E-state index contributed by atoms with van der Waals surface area (Å²) in [4.78, 5) is 11.9. The van der Waals surface area contributed by atoms with E-state index in [-0.39, 0.29) is 12.3 Å². The van der Waals surface area contributed by atoms with Gasteiger partial charge in [-0.3, -0.25) is 4.79 Å². The molecule has 0 saturated carbocycles. The third-order valence-electron chi connectivity index (χ3n) is 2.64. The maximum atomic E-state index is 11.9. The number of carbonyl (C=O) groups excluding carboxylic acids is 1. The molecule has 1 aromatic heterocycles. The minimum atomic E-state index is -0.154. The smallest absolute Gasteiger partial charge is 0.229 e. The standard InChI is InChI=1S/C15H15ClN4O/c1-2-9-17-13-7-8-14(20-19-13)18-15(21)10-11-3-5-12(16)6-4-11/h2-8H,1,9-10H2,(H,17,19)(H,18,20,21). The molecule has 6 heteroatoms. The molecule has 0 bridgehead atoms. The molecule has 0 aliphatic rings. The summed E-state index contributed by atoms with van der Waals surface area (Å²) in [5, 5.41) is 14.2. The van der Waals surface area contributed by atoms with E-state index in [2.05, 4.69) is 27.4 Å². The zero-order chi connectivity index (χ0) is 15.1. The van der Waals surface area contributed by atoms with E-state index in [1.807, 2.05) is 12.1 Å². The number of hydrogen-bond acceptors (Lipinski definition) is 4. The highest BCUT2D eigenvalue weighted by atomic mass is 35.5. The lowest BCUT2D eigenvalue weighted by Gasteiger charge is -2.05. The van der Waals surface area contributed by atoms with Gasteiger partial charge in [-0.15, -0.1) is 16.8 Å². The molecule has 1 heterocycles. The van der Waals surface area contributed by atoms with Crippen molar-refractivity contribution in [2.75, 3.05) is 17.2 Å². The van der Waals surface area contributed by atoms with Crippen molar-refractivity contribution < 1.29 is 4.79 Å². The van der Waals surface area contributed by atoms with Gasteiger partial charge in [-0.1, -0.05) is 29.8 Å². The third-order valence-corrected chi connectivity index (χ3v) is 2.89. The molecule has 21 heavy (non-hydrogen) atoms. The number of aromatic nitrogens is 2. The molecule has 2 N–H and O–H groups in total. The molecule has 0 unspecified atom stereocenters. The number of carbonyl (C=O) groups is 1. The lowest BCUT2D eigenvalue weighted by Crippen LogP contribution is -2.15. The van der Waals surface area contributed by atoms with Crippen LogP contribution in [-0.2, 0) is 11.2 Å². The Morgan fingerprint density at radius 1 is 1.14 bits per heavy atom. The van der Waals surface area contributed by atoms with E-state index in [0.29, 0.717) is 23.2 Å². The van der Waals surface area contributed by atoms with Crippen LogP contribution in [0, 0.1) is 0 Å². The van der Waals surface area contributed by atoms with Crippen molar-refractivity contribution in [2.45, 2.75) is 6.42 Å². The van der Waals surface area contributed by atoms with Gasteiger partial charge >= 0.3 is 0 Å². The predicted molar refractivity (Wildman–Crippen MR) is 84.5 cm³/mol. The van der Waals surface area contributed by atoms with Crippen LogP contribution in [0.25, 0.3) is 0 Å². The van der Waals surface area contributed by atoms with Crippen LogP contribution in [0.3, 0.4) is 0 Å². The number of anilines is 2. The van der Waals surface area contributed by atoms with Crippen molar-refractivity contribution >= 4 is 29.1 Å². The summed E-state index contributed by atoms with van der Waals surface area (Å²) in [5.41, 5.74) is 0.883. The van der Waals surface area contributed by atoms with Crippen molar-refractivity contribution in [3.8, 4) is 0 Å². The molecule has 108 valence electrons. The highest BCUT2D eigenvalue weighted by molar-refractivity contribution is 6.30. The van der Waals surface area contributed by atoms with Gasteiger partial charge in [0.1, 0.15) is 5.82 Å². The maximum Gasteiger partial charge on any atom is 0.229 e. The van der Waals surface area contributed by atoms with E-state index in [1.165, 1.54) is 0 Å². The highest BCUT2D eigenvalue weighted by Crippen LogP contribution is 2.11. The second kappa shape index (κ2) is 7.40. The molecule has 1 amide bonds. The van der Waals surface area contributed by atoms with Crippen molar-refractivity contribution in [2.24, 2.45) is 0 Å². The van der Waals surface area contributed by atoms with Gasteiger partial charge < -0.3 is 10.6 Å². The van der Waals surface area contributed by atoms with Gasteiger partial charge in [-0.25, -0.2) is 0 Å². The molecule has 0 aliphatic heterocycles. The number of halogens is 1. The quantitative estimate of drug-likeness (QED) is 0.805. The minimum absolute atomic E-state index is 0.154. The number of amides is 1. The SMILES string of the molecule is C=CCNc1ccc(NC(=O)Cc2ccc(Cl)cc2)nn1. The first-order chi connectivity index (χ1) is 10.2. The van der Waals surface area contributed by atoms with Crippen LogP contribution in [0.15, 0.2) is 49.1 Å². The summed E-state index contributed by atoms with van der Waals surface area (Å²) in [6.45, 7) is 4.21. The first kappa shape index (κ1) is 15.0. The Kier molecular flexibility index (Phi) is 5.29. The molecule has 2 aromatic rings. The monoisotopic (exact) mass is 302 g/mol. The molecule has 0 radical (unpaired) electrons. The van der Waals surface area contributed by atoms with Gasteiger partial charge in [0.2, 0.25) is 5.91 Å². The van der Waals surface area contributed by atoms with Crippen LogP contribution in [0.1, 0.15) is 5.56 Å². The molecule has 0 spiro atoms. The summed E-state index contributed by atoms with van der Waals surface area (Å²) in [5.74, 6) is 0.891. The van der Waals surface area contributed by atoms with Gasteiger partial charge in [-0.05, 0) is 29.8 Å². The summed E-state index contributed by atoms with van der Waals surface area (Å²) in [6.07, 6.45) is 1.98. The first-order valence-electron chi connectivity index (χ1n) is 6.40. The fourth-order valence-corrected chi connectivity index (χ4v) is 1.77. The summed E-state index contributed by atoms with van der Waals surface area (Å²) >= 11 is 5.80. The first-order valence-corrected chi connectivity index (χ1v) is 6.78. The Bertz CT molecular complexity index is 611. The van der Waals surface area contributed by atoms with Crippen LogP contribution in [0.4, 0.5) is 11.6 Å². The normalized spacial score (nSPS) is 9.95. The zero-order valence-electron chi connectivity index (χ0n) is 11.3. The van der Waals surface area contributed by atoms with E-state index in [0.717, 1.165) is 5.56 Å². The number of rotatable bonds is 6. The minimum Gasteiger partial charge on any atom is -0.365 e. The second-order valence-electron chi connectivity index (χ2n) is 4.32. The Morgan fingerprint density at radius 3 is 2.43 bits per heavy atom. The van der Waals surface area contributed by atoms with E-state index >= 15 is 0 Å². The molecule has 2 rings (SSSR count). The van der Waals surface area contributed by atoms with Gasteiger partial charge in [0.25, 0.3) is 0 Å². The number of benzene rings is 1. The van der Waals surface area contributed by atoms with Crippen LogP contribution in [0.2, 0.25) is 5.02 Å². The Hall–Kier alpha value is -2.40. The van der Waals surface area contributed by atoms with Crippen molar-refractivity contribution in [3.63, 3.8) is 0 Å². The van der Waals surface area contributed by atoms with E-state index in [9.17, 15) is 4.79 Å². The Balaban J connectivity index is 1.90. The van der Waals surface area contributed by atoms with Crippen molar-refractivity contribution in [1.29, 1.82) is 0 Å². The number of nitrogens with one attached hydrogen (secondary N) is 2. The van der Waals surface area contributed by atoms with E-state index in [4.69, 9.17) is 11.6 Å².